The van der Waals surface area contributed by atoms with Crippen LogP contribution in [0.1, 0.15) is 44.5 Å². The highest BCUT2D eigenvalue weighted by atomic mass is 32.2. The maximum absolute atomic E-state index is 12.1. The minimum atomic E-state index is -0.123. The third kappa shape index (κ3) is 4.83. The van der Waals surface area contributed by atoms with Crippen molar-refractivity contribution < 1.29 is 4.79 Å². The molecule has 18 heavy (non-hydrogen) atoms. The summed E-state index contributed by atoms with van der Waals surface area (Å²) in [6.45, 7) is 8.89. The SMILES string of the molecule is CC(C)Sc1ccc(C(=O)CC(C)(C)CN)cc1. The number of carbonyl (C=O) groups excluding carboxylic acids is 1. The van der Waals surface area contributed by atoms with E-state index < -0.39 is 0 Å². The number of carbonyl (C=O) groups is 1. The van der Waals surface area contributed by atoms with Gasteiger partial charge in [-0.1, -0.05) is 39.8 Å². The summed E-state index contributed by atoms with van der Waals surface area (Å²) in [5.41, 5.74) is 6.32. The summed E-state index contributed by atoms with van der Waals surface area (Å²) >= 11 is 1.81. The molecule has 0 aliphatic carbocycles. The quantitative estimate of drug-likeness (QED) is 0.629. The van der Waals surface area contributed by atoms with Crippen molar-refractivity contribution in [3.63, 3.8) is 0 Å². The molecule has 0 aliphatic rings. The fraction of sp³-hybridized carbons (Fsp3) is 0.533. The highest BCUT2D eigenvalue weighted by molar-refractivity contribution is 7.99. The Bertz CT molecular complexity index is 395. The fourth-order valence-corrected chi connectivity index (χ4v) is 2.44. The number of thioether (sulfide) groups is 1. The minimum Gasteiger partial charge on any atom is -0.330 e. The Hall–Kier alpha value is -0.800. The molecule has 100 valence electrons. The molecule has 0 aliphatic heterocycles. The molecule has 0 saturated heterocycles. The van der Waals surface area contributed by atoms with Gasteiger partial charge in [0.2, 0.25) is 0 Å². The molecule has 0 unspecified atom stereocenters. The van der Waals surface area contributed by atoms with Crippen LogP contribution in [0.5, 0.6) is 0 Å². The smallest absolute Gasteiger partial charge is 0.163 e. The summed E-state index contributed by atoms with van der Waals surface area (Å²) in [5.74, 6) is 0.173. The van der Waals surface area contributed by atoms with Crippen LogP contribution in [0.25, 0.3) is 0 Å². The second-order valence-electron chi connectivity index (χ2n) is 5.66. The topological polar surface area (TPSA) is 43.1 Å². The summed E-state index contributed by atoms with van der Waals surface area (Å²) in [6.07, 6.45) is 0.500. The van der Waals surface area contributed by atoms with Gasteiger partial charge in [0.25, 0.3) is 0 Å². The van der Waals surface area contributed by atoms with Gasteiger partial charge in [-0.15, -0.1) is 11.8 Å². The van der Waals surface area contributed by atoms with Gasteiger partial charge in [-0.25, -0.2) is 0 Å². The Morgan fingerprint density at radius 2 is 1.83 bits per heavy atom. The molecule has 0 radical (unpaired) electrons. The molecular weight excluding hydrogens is 242 g/mol. The van der Waals surface area contributed by atoms with Crippen LogP contribution in [-0.2, 0) is 0 Å². The number of rotatable bonds is 6. The van der Waals surface area contributed by atoms with Crippen LogP contribution >= 0.6 is 11.8 Å². The first-order valence-electron chi connectivity index (χ1n) is 6.34. The summed E-state index contributed by atoms with van der Waals surface area (Å²) in [7, 11) is 0. The predicted molar refractivity (Wildman–Crippen MR) is 79.2 cm³/mol. The van der Waals surface area contributed by atoms with Crippen LogP contribution in [0.4, 0.5) is 0 Å². The zero-order valence-electron chi connectivity index (χ0n) is 11.7. The first kappa shape index (κ1) is 15.3. The lowest BCUT2D eigenvalue weighted by atomic mass is 9.86. The van der Waals surface area contributed by atoms with E-state index in [4.69, 9.17) is 5.73 Å². The van der Waals surface area contributed by atoms with E-state index >= 15 is 0 Å². The summed E-state index contributed by atoms with van der Waals surface area (Å²) in [4.78, 5) is 13.3. The van der Waals surface area contributed by atoms with Gasteiger partial charge in [0, 0.05) is 22.1 Å². The molecule has 0 bridgehead atoms. The van der Waals surface area contributed by atoms with Crippen molar-refractivity contribution in [3.8, 4) is 0 Å². The fourth-order valence-electron chi connectivity index (χ4n) is 1.60. The number of nitrogens with two attached hydrogens (primary N) is 1. The highest BCUT2D eigenvalue weighted by Gasteiger charge is 2.20. The summed E-state index contributed by atoms with van der Waals surface area (Å²) < 4.78 is 0. The van der Waals surface area contributed by atoms with Crippen molar-refractivity contribution >= 4 is 17.5 Å². The molecule has 2 N–H and O–H groups in total. The van der Waals surface area contributed by atoms with Gasteiger partial charge in [0.1, 0.15) is 0 Å². The third-order valence-electron chi connectivity index (χ3n) is 2.74. The Morgan fingerprint density at radius 3 is 2.28 bits per heavy atom. The average molecular weight is 265 g/mol. The number of hydrogen-bond acceptors (Lipinski definition) is 3. The third-order valence-corrected chi connectivity index (χ3v) is 3.76. The van der Waals surface area contributed by atoms with E-state index in [9.17, 15) is 4.79 Å². The molecule has 0 heterocycles. The zero-order valence-corrected chi connectivity index (χ0v) is 12.5. The molecule has 0 aromatic heterocycles. The van der Waals surface area contributed by atoms with Crippen molar-refractivity contribution in [2.75, 3.05) is 6.54 Å². The maximum Gasteiger partial charge on any atom is 0.163 e. The van der Waals surface area contributed by atoms with Gasteiger partial charge in [0.05, 0.1) is 0 Å². The van der Waals surface area contributed by atoms with Crippen molar-refractivity contribution in [1.82, 2.24) is 0 Å². The number of Topliss-reactive ketones (excluding diaryl/α,β-unsaturated/α-hetero) is 1. The molecule has 1 aromatic carbocycles. The van der Waals surface area contributed by atoms with Gasteiger partial charge >= 0.3 is 0 Å². The van der Waals surface area contributed by atoms with Gasteiger partial charge in [0.15, 0.2) is 5.78 Å². The largest absolute Gasteiger partial charge is 0.330 e. The minimum absolute atomic E-state index is 0.123. The van der Waals surface area contributed by atoms with E-state index in [1.54, 1.807) is 11.8 Å². The number of ketones is 1. The van der Waals surface area contributed by atoms with Crippen molar-refractivity contribution in [2.24, 2.45) is 11.1 Å². The van der Waals surface area contributed by atoms with E-state index in [1.165, 1.54) is 4.90 Å². The van der Waals surface area contributed by atoms with Crippen LogP contribution < -0.4 is 5.73 Å². The average Bonchev–Trinajstić information content (AvgIpc) is 2.28. The number of hydrogen-bond donors (Lipinski definition) is 1. The van der Waals surface area contributed by atoms with Gasteiger partial charge in [-0.2, -0.15) is 0 Å². The van der Waals surface area contributed by atoms with Crippen LogP contribution in [0, 0.1) is 5.41 Å². The molecule has 0 fully saturated rings. The zero-order chi connectivity index (χ0) is 13.8. The lowest BCUT2D eigenvalue weighted by molar-refractivity contribution is 0.0935. The van der Waals surface area contributed by atoms with Gasteiger partial charge in [-0.3, -0.25) is 4.79 Å². The first-order chi connectivity index (χ1) is 8.34. The highest BCUT2D eigenvalue weighted by Crippen LogP contribution is 2.25. The van der Waals surface area contributed by atoms with Crippen molar-refractivity contribution in [3.05, 3.63) is 29.8 Å². The molecule has 0 spiro atoms. The molecule has 0 atom stereocenters. The molecule has 3 heteroatoms. The molecule has 0 amide bonds. The lowest BCUT2D eigenvalue weighted by Gasteiger charge is -2.21. The van der Waals surface area contributed by atoms with Gasteiger partial charge < -0.3 is 5.73 Å². The Balaban J connectivity index is 2.70. The van der Waals surface area contributed by atoms with Crippen LogP contribution in [0.15, 0.2) is 29.2 Å². The number of benzene rings is 1. The van der Waals surface area contributed by atoms with E-state index in [1.807, 2.05) is 38.1 Å². The maximum atomic E-state index is 12.1. The standard InChI is InChI=1S/C15H23NOS/c1-11(2)18-13-7-5-12(6-8-13)14(17)9-15(3,4)10-16/h5-8,11H,9-10,16H2,1-4H3. The lowest BCUT2D eigenvalue weighted by Crippen LogP contribution is -2.26. The Labute approximate surface area is 114 Å². The van der Waals surface area contributed by atoms with E-state index in [0.29, 0.717) is 18.2 Å². The molecule has 0 saturated carbocycles. The molecular formula is C15H23NOS. The second kappa shape index (κ2) is 6.39. The molecule has 1 aromatic rings. The van der Waals surface area contributed by atoms with Crippen LogP contribution in [0.3, 0.4) is 0 Å². The van der Waals surface area contributed by atoms with E-state index in [2.05, 4.69) is 13.8 Å². The van der Waals surface area contributed by atoms with Crippen molar-refractivity contribution in [1.29, 1.82) is 0 Å². The van der Waals surface area contributed by atoms with E-state index in [-0.39, 0.29) is 11.2 Å². The monoisotopic (exact) mass is 265 g/mol. The van der Waals surface area contributed by atoms with Crippen LogP contribution in [0.2, 0.25) is 0 Å². The summed E-state index contributed by atoms with van der Waals surface area (Å²) in [5, 5.41) is 0.558. The molecule has 2 nitrogen and oxygen atoms in total. The normalized spacial score (nSPS) is 11.9. The van der Waals surface area contributed by atoms with E-state index in [0.717, 1.165) is 5.56 Å². The predicted octanol–water partition coefficient (Wildman–Crippen LogP) is 3.74. The first-order valence-corrected chi connectivity index (χ1v) is 7.22. The van der Waals surface area contributed by atoms with Crippen molar-refractivity contribution in [2.45, 2.75) is 44.3 Å². The Kier molecular flexibility index (Phi) is 5.42. The molecule has 1 rings (SSSR count). The van der Waals surface area contributed by atoms with Crippen LogP contribution in [-0.4, -0.2) is 17.6 Å². The van der Waals surface area contributed by atoms with Gasteiger partial charge in [-0.05, 0) is 24.1 Å². The summed E-state index contributed by atoms with van der Waals surface area (Å²) in [6, 6.07) is 7.87. The Morgan fingerprint density at radius 1 is 1.28 bits per heavy atom. The second-order valence-corrected chi connectivity index (χ2v) is 7.31.